The van der Waals surface area contributed by atoms with Crippen LogP contribution in [0, 0.1) is 13.8 Å². The molecule has 0 aliphatic rings. The van der Waals surface area contributed by atoms with Crippen LogP contribution < -0.4 is 4.74 Å². The maximum absolute atomic E-state index is 11.8. The Hall–Kier alpha value is -2.04. The number of rotatable bonds is 6. The van der Waals surface area contributed by atoms with E-state index < -0.39 is 5.97 Å². The average Bonchev–Trinajstić information content (AvgIpc) is 2.31. The molecule has 0 aliphatic carbocycles. The van der Waals surface area contributed by atoms with Crippen LogP contribution in [-0.2, 0) is 9.59 Å². The van der Waals surface area contributed by atoms with Gasteiger partial charge in [0.15, 0.2) is 6.61 Å². The van der Waals surface area contributed by atoms with Gasteiger partial charge in [-0.15, -0.1) is 0 Å². The number of ether oxygens (including phenoxy) is 1. The van der Waals surface area contributed by atoms with E-state index in [4.69, 9.17) is 9.84 Å². The predicted octanol–water partition coefficient (Wildman–Crippen LogP) is 1.62. The zero-order chi connectivity index (χ0) is 14.4. The van der Waals surface area contributed by atoms with E-state index in [1.807, 2.05) is 32.0 Å². The number of carbonyl (C=O) groups excluding carboxylic acids is 1. The van der Waals surface area contributed by atoms with Crippen LogP contribution >= 0.6 is 0 Å². The van der Waals surface area contributed by atoms with E-state index in [0.29, 0.717) is 12.3 Å². The van der Waals surface area contributed by atoms with Crippen molar-refractivity contribution < 1.29 is 19.4 Å². The lowest BCUT2D eigenvalue weighted by atomic mass is 10.1. The minimum absolute atomic E-state index is 0.149. The molecule has 0 heterocycles. The zero-order valence-electron chi connectivity index (χ0n) is 11.5. The number of carbonyl (C=O) groups is 2. The number of carboxylic acids is 1. The summed E-state index contributed by atoms with van der Waals surface area (Å²) >= 11 is 0. The Morgan fingerprint density at radius 3 is 2.26 bits per heavy atom. The molecular weight excluding hydrogens is 246 g/mol. The number of amides is 1. The molecule has 0 unspecified atom stereocenters. The minimum Gasteiger partial charge on any atom is -0.484 e. The Labute approximate surface area is 112 Å². The minimum atomic E-state index is -1.03. The van der Waals surface area contributed by atoms with Gasteiger partial charge in [0, 0.05) is 6.54 Å². The highest BCUT2D eigenvalue weighted by Gasteiger charge is 2.15. The van der Waals surface area contributed by atoms with Crippen LogP contribution in [-0.4, -0.2) is 41.6 Å². The average molecular weight is 265 g/mol. The van der Waals surface area contributed by atoms with Gasteiger partial charge in [0.25, 0.3) is 5.91 Å². The lowest BCUT2D eigenvalue weighted by Crippen LogP contribution is -2.38. The van der Waals surface area contributed by atoms with Crippen LogP contribution in [0.2, 0.25) is 0 Å². The molecule has 5 nitrogen and oxygen atoms in total. The molecule has 1 rings (SSSR count). The zero-order valence-corrected chi connectivity index (χ0v) is 11.5. The van der Waals surface area contributed by atoms with Gasteiger partial charge in [-0.1, -0.05) is 6.07 Å². The first-order chi connectivity index (χ1) is 8.92. The van der Waals surface area contributed by atoms with Gasteiger partial charge in [0.05, 0.1) is 0 Å². The highest BCUT2D eigenvalue weighted by Crippen LogP contribution is 2.16. The van der Waals surface area contributed by atoms with Gasteiger partial charge in [-0.2, -0.15) is 0 Å². The van der Waals surface area contributed by atoms with E-state index in [1.54, 1.807) is 6.92 Å². The van der Waals surface area contributed by atoms with Crippen molar-refractivity contribution in [2.45, 2.75) is 20.8 Å². The molecule has 0 fully saturated rings. The number of benzene rings is 1. The second kappa shape index (κ2) is 6.78. The van der Waals surface area contributed by atoms with Crippen LogP contribution in [0.1, 0.15) is 18.1 Å². The summed E-state index contributed by atoms with van der Waals surface area (Å²) in [5.74, 6) is -0.733. The van der Waals surface area contributed by atoms with Crippen molar-refractivity contribution in [1.29, 1.82) is 0 Å². The molecule has 104 valence electrons. The third-order valence-corrected chi connectivity index (χ3v) is 2.62. The molecule has 1 aromatic carbocycles. The van der Waals surface area contributed by atoms with Crippen LogP contribution in [0.3, 0.4) is 0 Å². The SMILES string of the molecule is CCN(CC(=O)O)C(=O)COc1cc(C)cc(C)c1. The number of carboxylic acid groups (broad SMARTS) is 1. The summed E-state index contributed by atoms with van der Waals surface area (Å²) in [4.78, 5) is 23.6. The number of nitrogens with zero attached hydrogens (tertiary/aromatic N) is 1. The highest BCUT2D eigenvalue weighted by molar-refractivity contribution is 5.82. The molecule has 19 heavy (non-hydrogen) atoms. The fourth-order valence-electron chi connectivity index (χ4n) is 1.79. The molecule has 0 atom stereocenters. The molecule has 0 radical (unpaired) electrons. The Morgan fingerprint density at radius 1 is 1.21 bits per heavy atom. The van der Waals surface area contributed by atoms with Crippen molar-refractivity contribution in [3.05, 3.63) is 29.3 Å². The fourth-order valence-corrected chi connectivity index (χ4v) is 1.79. The Balaban J connectivity index is 2.59. The number of likely N-dealkylation sites (N-methyl/N-ethyl adjacent to an activating group) is 1. The van der Waals surface area contributed by atoms with E-state index in [-0.39, 0.29) is 19.1 Å². The molecule has 0 spiro atoms. The van der Waals surface area contributed by atoms with E-state index in [9.17, 15) is 9.59 Å². The molecule has 0 saturated carbocycles. The summed E-state index contributed by atoms with van der Waals surface area (Å²) in [5, 5.41) is 8.69. The standard InChI is InChI=1S/C14H19NO4/c1-4-15(8-14(17)18)13(16)9-19-12-6-10(2)5-11(3)7-12/h5-7H,4,8-9H2,1-3H3,(H,17,18). The largest absolute Gasteiger partial charge is 0.484 e. The highest BCUT2D eigenvalue weighted by atomic mass is 16.5. The molecule has 1 aromatic rings. The predicted molar refractivity (Wildman–Crippen MR) is 71.3 cm³/mol. The third kappa shape index (κ3) is 4.99. The Bertz CT molecular complexity index is 450. The van der Waals surface area contributed by atoms with Gasteiger partial charge in [-0.05, 0) is 44.0 Å². The second-order valence-corrected chi connectivity index (χ2v) is 4.41. The van der Waals surface area contributed by atoms with Gasteiger partial charge in [-0.3, -0.25) is 9.59 Å². The van der Waals surface area contributed by atoms with Gasteiger partial charge in [-0.25, -0.2) is 0 Å². The molecular formula is C14H19NO4. The van der Waals surface area contributed by atoms with E-state index in [1.165, 1.54) is 4.90 Å². The summed E-state index contributed by atoms with van der Waals surface area (Å²) in [6.07, 6.45) is 0. The lowest BCUT2D eigenvalue weighted by Gasteiger charge is -2.18. The third-order valence-electron chi connectivity index (χ3n) is 2.62. The molecule has 1 amide bonds. The molecule has 0 aliphatic heterocycles. The number of aryl methyl sites for hydroxylation is 2. The van der Waals surface area contributed by atoms with Crippen molar-refractivity contribution in [2.75, 3.05) is 19.7 Å². The quantitative estimate of drug-likeness (QED) is 0.848. The van der Waals surface area contributed by atoms with Crippen molar-refractivity contribution in [1.82, 2.24) is 4.90 Å². The van der Waals surface area contributed by atoms with E-state index in [2.05, 4.69) is 0 Å². The van der Waals surface area contributed by atoms with E-state index >= 15 is 0 Å². The number of aliphatic carboxylic acids is 1. The van der Waals surface area contributed by atoms with Crippen LogP contribution in [0.4, 0.5) is 0 Å². The number of hydrogen-bond acceptors (Lipinski definition) is 3. The Kier molecular flexibility index (Phi) is 5.36. The van der Waals surface area contributed by atoms with Crippen LogP contribution in [0.25, 0.3) is 0 Å². The van der Waals surface area contributed by atoms with Gasteiger partial charge >= 0.3 is 5.97 Å². The maximum atomic E-state index is 11.8. The Morgan fingerprint density at radius 2 is 1.79 bits per heavy atom. The molecule has 0 saturated heterocycles. The summed E-state index contributed by atoms with van der Waals surface area (Å²) in [5.41, 5.74) is 2.11. The van der Waals surface area contributed by atoms with Crippen molar-refractivity contribution in [3.8, 4) is 5.75 Å². The first kappa shape index (κ1) is 15.0. The van der Waals surface area contributed by atoms with Crippen molar-refractivity contribution >= 4 is 11.9 Å². The lowest BCUT2D eigenvalue weighted by molar-refractivity contribution is -0.145. The van der Waals surface area contributed by atoms with Crippen LogP contribution in [0.15, 0.2) is 18.2 Å². The topological polar surface area (TPSA) is 66.8 Å². The molecule has 0 aromatic heterocycles. The van der Waals surface area contributed by atoms with Gasteiger partial charge < -0.3 is 14.7 Å². The molecule has 0 bridgehead atoms. The number of hydrogen-bond donors (Lipinski definition) is 1. The smallest absolute Gasteiger partial charge is 0.323 e. The monoisotopic (exact) mass is 265 g/mol. The first-order valence-electron chi connectivity index (χ1n) is 6.13. The fraction of sp³-hybridized carbons (Fsp3) is 0.429. The first-order valence-corrected chi connectivity index (χ1v) is 6.13. The summed E-state index contributed by atoms with van der Waals surface area (Å²) < 4.78 is 5.41. The summed E-state index contributed by atoms with van der Waals surface area (Å²) in [6, 6.07) is 5.69. The summed E-state index contributed by atoms with van der Waals surface area (Å²) in [6.45, 7) is 5.53. The van der Waals surface area contributed by atoms with Gasteiger partial charge in [0.2, 0.25) is 0 Å². The second-order valence-electron chi connectivity index (χ2n) is 4.41. The maximum Gasteiger partial charge on any atom is 0.323 e. The van der Waals surface area contributed by atoms with Crippen molar-refractivity contribution in [3.63, 3.8) is 0 Å². The van der Waals surface area contributed by atoms with Gasteiger partial charge in [0.1, 0.15) is 12.3 Å². The molecule has 5 heteroatoms. The van der Waals surface area contributed by atoms with E-state index in [0.717, 1.165) is 11.1 Å². The summed E-state index contributed by atoms with van der Waals surface area (Å²) in [7, 11) is 0. The molecule has 1 N–H and O–H groups in total. The van der Waals surface area contributed by atoms with Crippen LogP contribution in [0.5, 0.6) is 5.75 Å². The van der Waals surface area contributed by atoms with Crippen molar-refractivity contribution in [2.24, 2.45) is 0 Å². The normalized spacial score (nSPS) is 10.1.